The van der Waals surface area contributed by atoms with Gasteiger partial charge in [0.05, 0.1) is 28.8 Å². The molecule has 0 saturated carbocycles. The first-order valence-corrected chi connectivity index (χ1v) is 14.6. The summed E-state index contributed by atoms with van der Waals surface area (Å²) in [6, 6.07) is 15.2. The molecule has 5 rings (SSSR count). The number of nitrogens with zero attached hydrogens (tertiary/aromatic N) is 2. The van der Waals surface area contributed by atoms with Crippen LogP contribution in [0, 0.1) is 5.41 Å². The summed E-state index contributed by atoms with van der Waals surface area (Å²) in [4.78, 5) is 0. The minimum absolute atomic E-state index is 0.0327. The lowest BCUT2D eigenvalue weighted by atomic mass is 9.64. The number of ether oxygens (including phenoxy) is 2. The zero-order valence-corrected chi connectivity index (χ0v) is 23.0. The van der Waals surface area contributed by atoms with E-state index >= 15 is 0 Å². The standard InChI is InChI=1S/C29H31F3N2O5S/c1-28(11-12-39-26(17-28)25-16-22(10-13-40(35,36)37)33-34(25)18-38-2)27-23-9-4-3-6-20(23)15-24(27)19-7-5-8-21(14-19)29(30,31)32/h3-9,14-16,26-27H,10-13,17-18H2,1-2H3,(H,35,36,37). The van der Waals surface area contributed by atoms with Crippen molar-refractivity contribution < 1.29 is 35.6 Å². The van der Waals surface area contributed by atoms with Gasteiger partial charge in [0, 0.05) is 26.1 Å². The van der Waals surface area contributed by atoms with Gasteiger partial charge >= 0.3 is 6.18 Å². The Hall–Kier alpha value is -2.99. The minimum atomic E-state index is -4.45. The first-order valence-electron chi connectivity index (χ1n) is 13.0. The normalized spacial score (nSPS) is 23.2. The van der Waals surface area contributed by atoms with Crippen LogP contribution in [-0.4, -0.2) is 42.2 Å². The number of halogens is 3. The number of hydrogen-bond acceptors (Lipinski definition) is 5. The Labute approximate surface area is 231 Å². The largest absolute Gasteiger partial charge is 0.416 e. The molecule has 0 bridgehead atoms. The molecule has 2 aliphatic rings. The fourth-order valence-corrected chi connectivity index (χ4v) is 6.47. The van der Waals surface area contributed by atoms with Crippen molar-refractivity contribution in [2.45, 2.75) is 51.1 Å². The maximum Gasteiger partial charge on any atom is 0.416 e. The lowest BCUT2D eigenvalue weighted by Crippen LogP contribution is -2.35. The van der Waals surface area contributed by atoms with Gasteiger partial charge in [-0.25, -0.2) is 4.68 Å². The molecule has 40 heavy (non-hydrogen) atoms. The molecule has 2 aromatic carbocycles. The summed E-state index contributed by atoms with van der Waals surface area (Å²) < 4.78 is 85.7. The molecule has 1 fully saturated rings. The van der Waals surface area contributed by atoms with E-state index in [-0.39, 0.29) is 24.5 Å². The van der Waals surface area contributed by atoms with Crippen LogP contribution in [0.1, 0.15) is 65.4 Å². The van der Waals surface area contributed by atoms with E-state index < -0.39 is 33.7 Å². The van der Waals surface area contributed by atoms with Crippen LogP contribution in [0.5, 0.6) is 0 Å². The lowest BCUT2D eigenvalue weighted by molar-refractivity contribution is -0.137. The molecule has 3 unspecified atom stereocenters. The molecule has 1 saturated heterocycles. The topological polar surface area (TPSA) is 90.7 Å². The number of fused-ring (bicyclic) bond motifs is 1. The van der Waals surface area contributed by atoms with Crippen molar-refractivity contribution in [3.8, 4) is 0 Å². The first kappa shape index (κ1) is 28.5. The van der Waals surface area contributed by atoms with Crippen LogP contribution in [0.4, 0.5) is 13.2 Å². The molecule has 1 N–H and O–H groups in total. The second kappa shape index (κ2) is 10.8. The maximum atomic E-state index is 13.6. The van der Waals surface area contributed by atoms with Gasteiger partial charge in [0.25, 0.3) is 10.1 Å². The number of alkyl halides is 3. The minimum Gasteiger partial charge on any atom is -0.372 e. The van der Waals surface area contributed by atoms with Crippen molar-refractivity contribution in [1.82, 2.24) is 9.78 Å². The average molecular weight is 577 g/mol. The van der Waals surface area contributed by atoms with E-state index in [9.17, 15) is 26.1 Å². The van der Waals surface area contributed by atoms with E-state index in [0.717, 1.165) is 22.8 Å². The van der Waals surface area contributed by atoms with Crippen LogP contribution in [0.15, 0.2) is 54.6 Å². The number of rotatable bonds is 8. The summed E-state index contributed by atoms with van der Waals surface area (Å²) in [6.45, 7) is 2.70. The summed E-state index contributed by atoms with van der Waals surface area (Å²) in [6.07, 6.45) is -1.59. The third-order valence-corrected chi connectivity index (χ3v) is 8.57. The smallest absolute Gasteiger partial charge is 0.372 e. The fraction of sp³-hybridized carbons (Fsp3) is 0.414. The van der Waals surface area contributed by atoms with E-state index in [2.05, 4.69) is 12.0 Å². The van der Waals surface area contributed by atoms with Gasteiger partial charge in [-0.1, -0.05) is 49.4 Å². The third-order valence-electron chi connectivity index (χ3n) is 7.85. The van der Waals surface area contributed by atoms with Crippen LogP contribution in [0.25, 0.3) is 11.6 Å². The molecular formula is C29H31F3N2O5S. The average Bonchev–Trinajstić information content (AvgIpc) is 3.49. The third kappa shape index (κ3) is 5.88. The van der Waals surface area contributed by atoms with Crippen LogP contribution in [0.3, 0.4) is 0 Å². The molecule has 1 aliphatic carbocycles. The van der Waals surface area contributed by atoms with E-state index in [1.807, 2.05) is 30.3 Å². The van der Waals surface area contributed by atoms with E-state index in [4.69, 9.17) is 9.47 Å². The molecule has 3 atom stereocenters. The quantitative estimate of drug-likeness (QED) is 0.325. The highest BCUT2D eigenvalue weighted by Gasteiger charge is 2.46. The van der Waals surface area contributed by atoms with Crippen LogP contribution < -0.4 is 0 Å². The molecule has 0 radical (unpaired) electrons. The zero-order chi connectivity index (χ0) is 28.7. The fourth-order valence-electron chi connectivity index (χ4n) is 6.00. The summed E-state index contributed by atoms with van der Waals surface area (Å²) in [5.74, 6) is -0.625. The summed E-state index contributed by atoms with van der Waals surface area (Å²) in [7, 11) is -2.63. The SMILES string of the molecule is COCn1nc(CCS(=O)(=O)O)cc1C1CC(C)(C2C(c3cccc(C(F)(F)F)c3)=Cc3ccccc32)CCO1. The molecular weight excluding hydrogens is 545 g/mol. The van der Waals surface area contributed by atoms with Gasteiger partial charge in [-0.3, -0.25) is 4.55 Å². The van der Waals surface area contributed by atoms with Crippen LogP contribution in [-0.2, 0) is 38.9 Å². The molecule has 2 heterocycles. The van der Waals surface area contributed by atoms with Gasteiger partial charge in [0.2, 0.25) is 0 Å². The maximum absolute atomic E-state index is 13.6. The molecule has 11 heteroatoms. The molecule has 0 amide bonds. The second-order valence-corrected chi connectivity index (χ2v) is 12.3. The van der Waals surface area contributed by atoms with Crippen molar-refractivity contribution in [3.63, 3.8) is 0 Å². The van der Waals surface area contributed by atoms with Crippen LogP contribution in [0.2, 0.25) is 0 Å². The van der Waals surface area contributed by atoms with Gasteiger partial charge in [-0.15, -0.1) is 0 Å². The van der Waals surface area contributed by atoms with Crippen molar-refractivity contribution in [2.24, 2.45) is 5.41 Å². The summed E-state index contributed by atoms with van der Waals surface area (Å²) in [5, 5.41) is 4.47. The zero-order valence-electron chi connectivity index (χ0n) is 22.2. The highest BCUT2D eigenvalue weighted by Crippen LogP contribution is 2.58. The van der Waals surface area contributed by atoms with E-state index in [1.54, 1.807) is 16.8 Å². The molecule has 0 spiro atoms. The summed E-state index contributed by atoms with van der Waals surface area (Å²) in [5.41, 5.74) is 3.57. The number of aryl methyl sites for hydroxylation is 1. The molecule has 1 aromatic heterocycles. The second-order valence-electron chi connectivity index (χ2n) is 10.7. The monoisotopic (exact) mass is 576 g/mol. The van der Waals surface area contributed by atoms with Crippen LogP contribution >= 0.6 is 0 Å². The van der Waals surface area contributed by atoms with Crippen molar-refractivity contribution >= 4 is 21.8 Å². The number of methoxy groups -OCH3 is 1. The molecule has 1 aliphatic heterocycles. The van der Waals surface area contributed by atoms with Crippen molar-refractivity contribution in [2.75, 3.05) is 19.5 Å². The van der Waals surface area contributed by atoms with E-state index in [0.29, 0.717) is 36.4 Å². The highest BCUT2D eigenvalue weighted by molar-refractivity contribution is 7.85. The predicted octanol–water partition coefficient (Wildman–Crippen LogP) is 6.13. The highest BCUT2D eigenvalue weighted by atomic mass is 32.2. The Morgan fingerprint density at radius 2 is 1.95 bits per heavy atom. The number of hydrogen-bond donors (Lipinski definition) is 1. The number of aromatic nitrogens is 2. The predicted molar refractivity (Wildman–Crippen MR) is 144 cm³/mol. The van der Waals surface area contributed by atoms with Crippen molar-refractivity contribution in [3.05, 3.63) is 88.2 Å². The Balaban J connectivity index is 1.51. The lowest BCUT2D eigenvalue weighted by Gasteiger charge is -2.44. The van der Waals surface area contributed by atoms with Gasteiger partial charge < -0.3 is 9.47 Å². The first-order chi connectivity index (χ1) is 18.9. The Kier molecular flexibility index (Phi) is 7.68. The molecule has 214 valence electrons. The Bertz CT molecular complexity index is 1530. The van der Waals surface area contributed by atoms with E-state index in [1.165, 1.54) is 19.2 Å². The van der Waals surface area contributed by atoms with Gasteiger partial charge in [-0.05, 0) is 58.7 Å². The van der Waals surface area contributed by atoms with Gasteiger partial charge in [-0.2, -0.15) is 26.7 Å². The Morgan fingerprint density at radius 1 is 1.18 bits per heavy atom. The number of benzene rings is 2. The molecule has 3 aromatic rings. The summed E-state index contributed by atoms with van der Waals surface area (Å²) >= 11 is 0. The van der Waals surface area contributed by atoms with Crippen molar-refractivity contribution in [1.29, 1.82) is 0 Å². The van der Waals surface area contributed by atoms with Gasteiger partial charge in [0.15, 0.2) is 0 Å². The molecule has 7 nitrogen and oxygen atoms in total. The Morgan fingerprint density at radius 3 is 2.67 bits per heavy atom. The van der Waals surface area contributed by atoms with Gasteiger partial charge in [0.1, 0.15) is 6.73 Å². The number of allylic oxidation sites excluding steroid dienone is 1.